The first kappa shape index (κ1) is 20.0. The van der Waals surface area contributed by atoms with Crippen molar-refractivity contribution in [2.75, 3.05) is 5.32 Å². The van der Waals surface area contributed by atoms with E-state index in [1.54, 1.807) is 24.3 Å². The van der Waals surface area contributed by atoms with Crippen LogP contribution < -0.4 is 5.32 Å². The lowest BCUT2D eigenvalue weighted by Gasteiger charge is -2.38. The number of amides is 2. The van der Waals surface area contributed by atoms with Crippen molar-refractivity contribution < 1.29 is 13.2 Å². The fourth-order valence-corrected chi connectivity index (χ4v) is 6.53. The molecule has 1 N–H and O–H groups in total. The third-order valence-corrected chi connectivity index (χ3v) is 8.46. The summed E-state index contributed by atoms with van der Waals surface area (Å²) < 4.78 is 26.1. The van der Waals surface area contributed by atoms with Gasteiger partial charge in [0.25, 0.3) is 0 Å². The van der Waals surface area contributed by atoms with Crippen LogP contribution in [0.2, 0.25) is 0 Å². The molecule has 29 heavy (non-hydrogen) atoms. The fourth-order valence-electron chi connectivity index (χ4n) is 4.65. The molecule has 2 aliphatic heterocycles. The van der Waals surface area contributed by atoms with Crippen molar-refractivity contribution in [1.29, 1.82) is 0 Å². The van der Waals surface area contributed by atoms with E-state index < -0.39 is 15.1 Å². The Morgan fingerprint density at radius 1 is 0.966 bits per heavy atom. The van der Waals surface area contributed by atoms with Gasteiger partial charge < -0.3 is 10.2 Å². The summed E-state index contributed by atoms with van der Waals surface area (Å²) in [7, 11) is -3.37. The van der Waals surface area contributed by atoms with Gasteiger partial charge in [-0.15, -0.1) is 0 Å². The number of anilines is 1. The van der Waals surface area contributed by atoms with Crippen molar-refractivity contribution in [3.8, 4) is 0 Å². The topological polar surface area (TPSA) is 66.5 Å². The Kier molecular flexibility index (Phi) is 5.38. The van der Waals surface area contributed by atoms with Gasteiger partial charge in [-0.05, 0) is 61.4 Å². The molecule has 2 aromatic carbocycles. The number of piperidine rings is 1. The van der Waals surface area contributed by atoms with Crippen molar-refractivity contribution >= 4 is 21.6 Å². The second kappa shape index (κ2) is 7.82. The number of hydrogen-bond donors (Lipinski definition) is 1. The zero-order valence-electron chi connectivity index (χ0n) is 16.9. The molecule has 0 unspecified atom stereocenters. The van der Waals surface area contributed by atoms with Crippen molar-refractivity contribution in [3.63, 3.8) is 0 Å². The number of benzene rings is 2. The lowest BCUT2D eigenvalue weighted by molar-refractivity contribution is 0.160. The van der Waals surface area contributed by atoms with Gasteiger partial charge in [0.2, 0.25) is 0 Å². The van der Waals surface area contributed by atoms with Crippen molar-refractivity contribution in [1.82, 2.24) is 4.90 Å². The lowest BCUT2D eigenvalue weighted by Crippen LogP contribution is -2.51. The van der Waals surface area contributed by atoms with Gasteiger partial charge in [0, 0.05) is 17.8 Å². The summed E-state index contributed by atoms with van der Waals surface area (Å²) in [4.78, 5) is 15.2. The van der Waals surface area contributed by atoms with E-state index in [4.69, 9.17) is 0 Å². The number of nitrogens with zero attached hydrogens (tertiary/aromatic N) is 1. The van der Waals surface area contributed by atoms with Crippen LogP contribution in [0.1, 0.15) is 51.0 Å². The molecule has 0 saturated carbocycles. The summed E-state index contributed by atoms with van der Waals surface area (Å²) in [6.45, 7) is 4.28. The highest BCUT2D eigenvalue weighted by molar-refractivity contribution is 7.92. The molecule has 154 valence electrons. The molecule has 6 heteroatoms. The van der Waals surface area contributed by atoms with Gasteiger partial charge in [-0.25, -0.2) is 13.2 Å². The van der Waals surface area contributed by atoms with E-state index in [9.17, 15) is 13.2 Å². The van der Waals surface area contributed by atoms with E-state index >= 15 is 0 Å². The maximum absolute atomic E-state index is 13.0. The molecule has 0 spiro atoms. The maximum atomic E-state index is 13.0. The normalized spacial score (nSPS) is 24.0. The van der Waals surface area contributed by atoms with Crippen LogP contribution in [0, 0.1) is 0 Å². The lowest BCUT2D eigenvalue weighted by atomic mass is 10.0. The third kappa shape index (κ3) is 3.90. The summed E-state index contributed by atoms with van der Waals surface area (Å²) in [6.07, 6.45) is 2.75. The molecule has 2 fully saturated rings. The minimum Gasteiger partial charge on any atom is -0.318 e. The van der Waals surface area contributed by atoms with Gasteiger partial charge in [0.15, 0.2) is 9.84 Å². The first-order valence-electron chi connectivity index (χ1n) is 10.3. The second-order valence-electron chi connectivity index (χ2n) is 8.45. The van der Waals surface area contributed by atoms with Crippen LogP contribution in [0.15, 0.2) is 59.5 Å². The Balaban J connectivity index is 1.46. The molecule has 5 nitrogen and oxygen atoms in total. The summed E-state index contributed by atoms with van der Waals surface area (Å²) in [5.74, 6) is 0.446. The van der Waals surface area contributed by atoms with Crippen LogP contribution in [-0.2, 0) is 9.84 Å². The molecule has 2 amide bonds. The number of hydrogen-bond acceptors (Lipinski definition) is 3. The molecule has 0 aromatic heterocycles. The average Bonchev–Trinajstić information content (AvgIpc) is 2.98. The molecule has 2 atom stereocenters. The molecule has 2 saturated heterocycles. The highest BCUT2D eigenvalue weighted by Gasteiger charge is 2.47. The molecular weight excluding hydrogens is 384 g/mol. The Labute approximate surface area is 173 Å². The zero-order chi connectivity index (χ0) is 20.6. The van der Waals surface area contributed by atoms with E-state index in [-0.39, 0.29) is 18.1 Å². The quantitative estimate of drug-likeness (QED) is 0.783. The number of fused-ring (bicyclic) bond motifs is 2. The standard InChI is InChI=1S/C23H28N2O3S/c1-16(2)17-8-10-18(11-9-17)24-23(26)25-19-12-13-20(25)15-22(14-19)29(27,28)21-6-4-3-5-7-21/h3-11,16,19-20,22H,12-15H2,1-2H3,(H,24,26)/t19-,20-/m1/s1. The highest BCUT2D eigenvalue weighted by Crippen LogP contribution is 2.40. The first-order valence-corrected chi connectivity index (χ1v) is 11.9. The van der Waals surface area contributed by atoms with E-state index in [1.807, 2.05) is 35.2 Å². The number of carbonyl (C=O) groups is 1. The van der Waals surface area contributed by atoms with Crippen LogP contribution in [-0.4, -0.2) is 36.7 Å². The smallest absolute Gasteiger partial charge is 0.318 e. The van der Waals surface area contributed by atoms with E-state index in [2.05, 4.69) is 19.2 Å². The van der Waals surface area contributed by atoms with Crippen molar-refractivity contribution in [2.45, 2.75) is 67.7 Å². The molecule has 2 bridgehead atoms. The Hall–Kier alpha value is -2.34. The number of rotatable bonds is 4. The van der Waals surface area contributed by atoms with Crippen LogP contribution in [0.3, 0.4) is 0 Å². The van der Waals surface area contributed by atoms with Crippen molar-refractivity contribution in [2.24, 2.45) is 0 Å². The summed E-state index contributed by atoms with van der Waals surface area (Å²) >= 11 is 0. The minimum atomic E-state index is -3.37. The van der Waals surface area contributed by atoms with Crippen LogP contribution in [0.5, 0.6) is 0 Å². The molecular formula is C23H28N2O3S. The highest BCUT2D eigenvalue weighted by atomic mass is 32.2. The molecule has 0 radical (unpaired) electrons. The van der Waals surface area contributed by atoms with Gasteiger partial charge in [0.1, 0.15) is 0 Å². The summed E-state index contributed by atoms with van der Waals surface area (Å²) in [6, 6.07) is 16.4. The largest absolute Gasteiger partial charge is 0.322 e. The second-order valence-corrected chi connectivity index (χ2v) is 10.7. The first-order chi connectivity index (χ1) is 13.9. The molecule has 2 heterocycles. The van der Waals surface area contributed by atoms with E-state index in [0.29, 0.717) is 23.7 Å². The third-order valence-electron chi connectivity index (χ3n) is 6.26. The Morgan fingerprint density at radius 3 is 2.10 bits per heavy atom. The Bertz CT molecular complexity index is 957. The zero-order valence-corrected chi connectivity index (χ0v) is 17.7. The van der Waals surface area contributed by atoms with Crippen LogP contribution in [0.25, 0.3) is 0 Å². The predicted octanol–water partition coefficient (Wildman–Crippen LogP) is 4.81. The fraction of sp³-hybridized carbons (Fsp3) is 0.435. The summed E-state index contributed by atoms with van der Waals surface area (Å²) in [5, 5.41) is 2.58. The minimum absolute atomic E-state index is 0.0211. The van der Waals surface area contributed by atoms with Crippen molar-refractivity contribution in [3.05, 3.63) is 60.2 Å². The van der Waals surface area contributed by atoms with Gasteiger partial charge in [0.05, 0.1) is 10.1 Å². The number of urea groups is 1. The van der Waals surface area contributed by atoms with E-state index in [1.165, 1.54) is 5.56 Å². The summed E-state index contributed by atoms with van der Waals surface area (Å²) in [5.41, 5.74) is 2.01. The van der Waals surface area contributed by atoms with Gasteiger partial charge >= 0.3 is 6.03 Å². The molecule has 2 aliphatic rings. The maximum Gasteiger partial charge on any atom is 0.322 e. The van der Waals surface area contributed by atoms with Gasteiger partial charge in [-0.2, -0.15) is 0 Å². The van der Waals surface area contributed by atoms with E-state index in [0.717, 1.165) is 18.5 Å². The Morgan fingerprint density at radius 2 is 1.55 bits per heavy atom. The molecule has 2 aromatic rings. The average molecular weight is 413 g/mol. The van der Waals surface area contributed by atoms with Gasteiger partial charge in [-0.3, -0.25) is 0 Å². The predicted molar refractivity (Wildman–Crippen MR) is 115 cm³/mol. The number of sulfone groups is 1. The van der Waals surface area contributed by atoms with Crippen LogP contribution in [0.4, 0.5) is 10.5 Å². The molecule has 4 rings (SSSR count). The monoisotopic (exact) mass is 412 g/mol. The molecule has 0 aliphatic carbocycles. The number of carbonyl (C=O) groups excluding carboxylic acids is 1. The number of nitrogens with one attached hydrogen (secondary N) is 1. The SMILES string of the molecule is CC(C)c1ccc(NC(=O)N2[C@@H]3CC[C@@H]2CC(S(=O)(=O)c2ccccc2)C3)cc1. The van der Waals surface area contributed by atoms with Crippen LogP contribution >= 0.6 is 0 Å². The van der Waals surface area contributed by atoms with Gasteiger partial charge in [-0.1, -0.05) is 44.2 Å².